The predicted molar refractivity (Wildman–Crippen MR) is 204 cm³/mol. The molecule has 11 atom stereocenters. The first-order valence-corrected chi connectivity index (χ1v) is 20.8. The Bertz CT molecular complexity index is 1380. The molecule has 5 unspecified atom stereocenters. The average molecular weight is 762 g/mol. The molecule has 0 aromatic carbocycles. The first kappa shape index (κ1) is 44.0. The third-order valence-electron chi connectivity index (χ3n) is 15.1. The first-order valence-electron chi connectivity index (χ1n) is 20.8. The largest absolute Gasteiger partial charge is 0.466 e. The van der Waals surface area contributed by atoms with Crippen LogP contribution in [0.5, 0.6) is 0 Å². The van der Waals surface area contributed by atoms with Crippen LogP contribution in [0.3, 0.4) is 0 Å². The van der Waals surface area contributed by atoms with Gasteiger partial charge in [-0.2, -0.15) is 0 Å². The van der Waals surface area contributed by atoms with Gasteiger partial charge in [0, 0.05) is 38.0 Å². The van der Waals surface area contributed by atoms with Crippen molar-refractivity contribution in [3.8, 4) is 0 Å². The summed E-state index contributed by atoms with van der Waals surface area (Å²) in [5, 5.41) is 3.18. The van der Waals surface area contributed by atoms with Crippen LogP contribution in [0.2, 0.25) is 0 Å². The first-order chi connectivity index (χ1) is 25.2. The number of esters is 5. The van der Waals surface area contributed by atoms with Crippen molar-refractivity contribution in [2.24, 2.45) is 45.3 Å². The van der Waals surface area contributed by atoms with Crippen LogP contribution in [-0.4, -0.2) is 73.5 Å². The fourth-order valence-corrected chi connectivity index (χ4v) is 12.7. The van der Waals surface area contributed by atoms with Gasteiger partial charge in [0.2, 0.25) is 0 Å². The van der Waals surface area contributed by atoms with E-state index in [0.717, 1.165) is 64.2 Å². The number of hydrogen-bond acceptors (Lipinski definition) is 11. The Hall–Kier alpha value is -2.69. The molecule has 0 aromatic rings. The molecule has 0 aromatic heterocycles. The van der Waals surface area contributed by atoms with Gasteiger partial charge in [-0.05, 0) is 120 Å². The summed E-state index contributed by atoms with van der Waals surface area (Å²) in [5.74, 6) is -1.04. The Morgan fingerprint density at radius 3 is 2.02 bits per heavy atom. The van der Waals surface area contributed by atoms with Crippen LogP contribution >= 0.6 is 0 Å². The van der Waals surface area contributed by atoms with Gasteiger partial charge in [0.1, 0.15) is 23.9 Å². The van der Waals surface area contributed by atoms with E-state index in [1.54, 1.807) is 13.8 Å². The number of hydrogen-bond donors (Lipinski definition) is 1. The number of carbonyl (C=O) groups is 5. The monoisotopic (exact) mass is 762 g/mol. The van der Waals surface area contributed by atoms with Crippen LogP contribution in [0.15, 0.2) is 0 Å². The molecule has 0 radical (unpaired) electrons. The van der Waals surface area contributed by atoms with Crippen molar-refractivity contribution >= 4 is 29.8 Å². The molecule has 1 N–H and O–H groups in total. The smallest absolute Gasteiger partial charge is 0.323 e. The summed E-state index contributed by atoms with van der Waals surface area (Å²) in [6.45, 7) is 22.9. The third kappa shape index (κ3) is 8.66. The molecule has 0 bridgehead atoms. The molecular weight excluding hydrogens is 690 g/mol. The van der Waals surface area contributed by atoms with Gasteiger partial charge in [-0.3, -0.25) is 24.0 Å². The summed E-state index contributed by atoms with van der Waals surface area (Å²) in [7, 11) is 0. The molecule has 0 aliphatic heterocycles. The third-order valence-corrected chi connectivity index (χ3v) is 15.1. The summed E-state index contributed by atoms with van der Waals surface area (Å²) >= 11 is 0. The van der Waals surface area contributed by atoms with Gasteiger partial charge >= 0.3 is 29.8 Å². The van der Waals surface area contributed by atoms with Gasteiger partial charge in [-0.25, -0.2) is 0 Å². The second-order valence-corrected chi connectivity index (χ2v) is 18.5. The maximum Gasteiger partial charge on any atom is 0.323 e. The quantitative estimate of drug-likeness (QED) is 0.0949. The molecule has 4 aliphatic rings. The summed E-state index contributed by atoms with van der Waals surface area (Å²) < 4.78 is 28.9. The molecule has 308 valence electrons. The van der Waals surface area contributed by atoms with Gasteiger partial charge in [0.25, 0.3) is 0 Å². The van der Waals surface area contributed by atoms with Gasteiger partial charge in [0.05, 0.1) is 19.6 Å². The van der Waals surface area contributed by atoms with Crippen LogP contribution in [0.4, 0.5) is 0 Å². The van der Waals surface area contributed by atoms with Gasteiger partial charge in [-0.15, -0.1) is 0 Å². The van der Waals surface area contributed by atoms with E-state index in [1.165, 1.54) is 20.8 Å². The highest BCUT2D eigenvalue weighted by atomic mass is 16.6. The Balaban J connectivity index is 1.54. The van der Waals surface area contributed by atoms with E-state index in [-0.39, 0.29) is 83.2 Å². The van der Waals surface area contributed by atoms with Crippen LogP contribution < -0.4 is 5.32 Å². The molecule has 11 nitrogen and oxygen atoms in total. The number of fused-ring (bicyclic) bond motifs is 5. The number of rotatable bonds is 16. The fourth-order valence-electron chi connectivity index (χ4n) is 12.7. The summed E-state index contributed by atoms with van der Waals surface area (Å²) in [5.41, 5.74) is -1.14. The Morgan fingerprint density at radius 2 is 1.41 bits per heavy atom. The topological polar surface area (TPSA) is 144 Å². The van der Waals surface area contributed by atoms with Crippen molar-refractivity contribution in [1.82, 2.24) is 5.32 Å². The highest BCUT2D eigenvalue weighted by Gasteiger charge is 2.72. The molecule has 11 heteroatoms. The van der Waals surface area contributed by atoms with E-state index in [2.05, 4.69) is 46.9 Å². The zero-order valence-electron chi connectivity index (χ0n) is 35.2. The summed E-state index contributed by atoms with van der Waals surface area (Å²) in [6, 6.07) is -0.770. The van der Waals surface area contributed by atoms with E-state index in [1.807, 2.05) is 0 Å². The molecule has 4 aliphatic carbocycles. The van der Waals surface area contributed by atoms with Crippen LogP contribution in [0, 0.1) is 45.3 Å². The second-order valence-electron chi connectivity index (χ2n) is 18.5. The van der Waals surface area contributed by atoms with E-state index in [4.69, 9.17) is 23.7 Å². The van der Waals surface area contributed by atoms with E-state index >= 15 is 0 Å². The second kappa shape index (κ2) is 17.2. The highest BCUT2D eigenvalue weighted by Crippen LogP contribution is 2.76. The van der Waals surface area contributed by atoms with Crippen molar-refractivity contribution in [3.05, 3.63) is 0 Å². The fraction of sp³-hybridized carbons (Fsp3) is 0.884. The zero-order chi connectivity index (χ0) is 40.3. The maximum absolute atomic E-state index is 12.9. The van der Waals surface area contributed by atoms with Crippen LogP contribution in [0.25, 0.3) is 0 Å². The van der Waals surface area contributed by atoms with Crippen molar-refractivity contribution in [2.45, 2.75) is 177 Å². The number of unbranched alkanes of at least 4 members (excludes halogenated alkanes) is 2. The van der Waals surface area contributed by atoms with Crippen molar-refractivity contribution in [2.75, 3.05) is 19.8 Å². The lowest BCUT2D eigenvalue weighted by Crippen LogP contribution is -2.67. The molecule has 54 heavy (non-hydrogen) atoms. The Labute approximate surface area is 324 Å². The molecule has 0 spiro atoms. The molecule has 0 heterocycles. The Morgan fingerprint density at radius 1 is 0.759 bits per heavy atom. The SMILES string of the molecule is CCOC(=O)CC(NCCCCC[C@](C)(OC(C)=O)C1CC[C@]2(C)[C@@H]1C(OC(C)=O)CC1[C@@]3(C)CC[C@H](OC(C)=O)C(C)(C)C3CC[C@]12C)C(=O)OCC. The molecule has 4 fully saturated rings. The molecule has 0 amide bonds. The average Bonchev–Trinajstić information content (AvgIpc) is 3.44. The molecule has 4 saturated carbocycles. The zero-order valence-corrected chi connectivity index (χ0v) is 35.2. The molecule has 0 saturated heterocycles. The summed E-state index contributed by atoms with van der Waals surface area (Å²) in [6.07, 6.45) is 9.00. The number of ether oxygens (including phenoxy) is 5. The van der Waals surface area contributed by atoms with Gasteiger partial charge in [0.15, 0.2) is 0 Å². The lowest BCUT2D eigenvalue weighted by atomic mass is 9.35. The van der Waals surface area contributed by atoms with Gasteiger partial charge in [-0.1, -0.05) is 41.0 Å². The minimum Gasteiger partial charge on any atom is -0.466 e. The normalized spacial score (nSPS) is 35.5. The highest BCUT2D eigenvalue weighted by molar-refractivity contribution is 5.82. The molecule has 4 rings (SSSR count). The lowest BCUT2D eigenvalue weighted by molar-refractivity contribution is -0.253. The predicted octanol–water partition coefficient (Wildman–Crippen LogP) is 7.50. The minimum atomic E-state index is -0.770. The number of carbonyl (C=O) groups excluding carboxylic acids is 5. The summed E-state index contributed by atoms with van der Waals surface area (Å²) in [4.78, 5) is 62.4. The van der Waals surface area contributed by atoms with Crippen molar-refractivity contribution < 1.29 is 47.7 Å². The van der Waals surface area contributed by atoms with E-state index in [9.17, 15) is 24.0 Å². The molecular formula is C43H71NO10. The van der Waals surface area contributed by atoms with E-state index < -0.39 is 23.6 Å². The van der Waals surface area contributed by atoms with Crippen LogP contribution in [0.1, 0.15) is 153 Å². The Kier molecular flexibility index (Phi) is 14.0. The lowest BCUT2D eigenvalue weighted by Gasteiger charge is -2.70. The number of nitrogens with one attached hydrogen (secondary N) is 1. The maximum atomic E-state index is 12.9. The standard InChI is InChI=1S/C43H71NO10/c1-12-50-36(48)25-31(38(49)51-13-2)44-24-16-14-15-20-43(11,54-29(5)47)30-17-22-42(10)37(30)32(52-27(3)45)26-34-40(8)21-19-35(53-28(4)46)39(6,7)33(40)18-23-41(34,42)9/h30-35,37,44H,12-26H2,1-11H3/t30?,31?,32?,33?,34?,35-,37-,40-,41+,42+,43-/m0/s1. The van der Waals surface area contributed by atoms with Crippen molar-refractivity contribution in [3.63, 3.8) is 0 Å². The minimum absolute atomic E-state index is 0.00564. The van der Waals surface area contributed by atoms with Crippen molar-refractivity contribution in [1.29, 1.82) is 0 Å². The van der Waals surface area contributed by atoms with Gasteiger partial charge < -0.3 is 29.0 Å². The van der Waals surface area contributed by atoms with Crippen LogP contribution in [-0.2, 0) is 47.7 Å². The van der Waals surface area contributed by atoms with E-state index in [0.29, 0.717) is 24.8 Å².